The predicted molar refractivity (Wildman–Crippen MR) is 147 cm³/mol. The third-order valence-electron chi connectivity index (χ3n) is 8.34. The standard InChI is InChI=1S/C29H34FN7O2/c30-8-12-37-10-6-29(7-11-37)15-21(16-29)35-27(38)20-3-1-2-19(14-20)17-33-26-22-5-13-39-25(22)23(18-34-26)24-4-9-32-28(31)36-24/h1-4,9,14,18,21H,5-8,10-13,15-17H2,(H,33,34)(H,35,38)(H2,31,32,36). The fraction of sp³-hybridized carbons (Fsp3) is 0.448. The molecular formula is C29H34FN7O2. The first-order chi connectivity index (χ1) is 19.0. The number of carbonyl (C=O) groups excluding carboxylic acids is 1. The molecule has 1 aliphatic carbocycles. The molecule has 204 valence electrons. The lowest BCUT2D eigenvalue weighted by atomic mass is 9.60. The van der Waals surface area contributed by atoms with Gasteiger partial charge in [-0.1, -0.05) is 12.1 Å². The van der Waals surface area contributed by atoms with Crippen molar-refractivity contribution in [2.24, 2.45) is 5.41 Å². The molecule has 39 heavy (non-hydrogen) atoms. The van der Waals surface area contributed by atoms with Gasteiger partial charge in [0.25, 0.3) is 5.91 Å². The summed E-state index contributed by atoms with van der Waals surface area (Å²) in [6.07, 6.45) is 8.33. The van der Waals surface area contributed by atoms with Crippen LogP contribution in [0.15, 0.2) is 42.7 Å². The Morgan fingerprint density at radius 3 is 2.85 bits per heavy atom. The zero-order valence-electron chi connectivity index (χ0n) is 22.0. The average Bonchev–Trinajstić information content (AvgIpc) is 3.43. The zero-order chi connectivity index (χ0) is 26.8. The van der Waals surface area contributed by atoms with E-state index in [-0.39, 0.29) is 24.6 Å². The number of halogens is 1. The van der Waals surface area contributed by atoms with E-state index in [4.69, 9.17) is 10.5 Å². The van der Waals surface area contributed by atoms with Gasteiger partial charge in [0.05, 0.1) is 17.9 Å². The summed E-state index contributed by atoms with van der Waals surface area (Å²) in [5, 5.41) is 6.64. The molecule has 10 heteroatoms. The third-order valence-corrected chi connectivity index (χ3v) is 8.34. The number of pyridine rings is 1. The molecule has 9 nitrogen and oxygen atoms in total. The van der Waals surface area contributed by atoms with Gasteiger partial charge < -0.3 is 26.0 Å². The highest BCUT2D eigenvalue weighted by Gasteiger charge is 2.46. The van der Waals surface area contributed by atoms with Gasteiger partial charge in [-0.25, -0.2) is 19.3 Å². The molecule has 1 aromatic carbocycles. The van der Waals surface area contributed by atoms with Crippen LogP contribution in [0.3, 0.4) is 0 Å². The largest absolute Gasteiger partial charge is 0.492 e. The van der Waals surface area contributed by atoms with Gasteiger partial charge in [-0.3, -0.25) is 4.79 Å². The quantitative estimate of drug-likeness (QED) is 0.404. The summed E-state index contributed by atoms with van der Waals surface area (Å²) < 4.78 is 18.6. The number of amides is 1. The van der Waals surface area contributed by atoms with Crippen LogP contribution in [0.1, 0.15) is 47.2 Å². The zero-order valence-corrected chi connectivity index (χ0v) is 22.0. The van der Waals surface area contributed by atoms with Crippen LogP contribution < -0.4 is 21.1 Å². The minimum atomic E-state index is -0.278. The highest BCUT2D eigenvalue weighted by molar-refractivity contribution is 5.94. The van der Waals surface area contributed by atoms with Gasteiger partial charge in [-0.05, 0) is 68.0 Å². The first kappa shape index (κ1) is 25.5. The van der Waals surface area contributed by atoms with Crippen LogP contribution in [0.5, 0.6) is 5.75 Å². The molecule has 1 saturated heterocycles. The van der Waals surface area contributed by atoms with Crippen LogP contribution in [0.25, 0.3) is 11.3 Å². The molecule has 0 bridgehead atoms. The maximum absolute atomic E-state index is 13.0. The van der Waals surface area contributed by atoms with Crippen molar-refractivity contribution in [1.29, 1.82) is 0 Å². The molecule has 1 saturated carbocycles. The molecule has 1 spiro atoms. The second-order valence-corrected chi connectivity index (χ2v) is 10.9. The van der Waals surface area contributed by atoms with Gasteiger partial charge in [0, 0.05) is 49.1 Å². The maximum atomic E-state index is 13.0. The van der Waals surface area contributed by atoms with E-state index in [0.717, 1.165) is 73.5 Å². The molecule has 2 aliphatic heterocycles. The molecule has 0 unspecified atom stereocenters. The number of hydrogen-bond donors (Lipinski definition) is 3. The molecule has 2 aromatic heterocycles. The fourth-order valence-electron chi connectivity index (χ4n) is 6.19. The molecule has 0 atom stereocenters. The molecule has 3 aromatic rings. The number of nitrogen functional groups attached to an aromatic ring is 1. The number of likely N-dealkylation sites (tertiary alicyclic amines) is 1. The number of hydrogen-bond acceptors (Lipinski definition) is 8. The Bertz CT molecular complexity index is 1350. The van der Waals surface area contributed by atoms with Gasteiger partial charge in [-0.2, -0.15) is 0 Å². The Kier molecular flexibility index (Phi) is 7.03. The number of piperidine rings is 1. The van der Waals surface area contributed by atoms with Crippen LogP contribution in [0.4, 0.5) is 16.2 Å². The van der Waals surface area contributed by atoms with E-state index in [0.29, 0.717) is 36.4 Å². The van der Waals surface area contributed by atoms with Crippen LogP contribution in [-0.2, 0) is 13.0 Å². The topological polar surface area (TPSA) is 118 Å². The first-order valence-electron chi connectivity index (χ1n) is 13.7. The van der Waals surface area contributed by atoms with E-state index in [9.17, 15) is 9.18 Å². The summed E-state index contributed by atoms with van der Waals surface area (Å²) >= 11 is 0. The van der Waals surface area contributed by atoms with Crippen molar-refractivity contribution in [2.75, 3.05) is 44.0 Å². The summed E-state index contributed by atoms with van der Waals surface area (Å²) in [7, 11) is 0. The van der Waals surface area contributed by atoms with Crippen molar-refractivity contribution < 1.29 is 13.9 Å². The molecule has 1 amide bonds. The van der Waals surface area contributed by atoms with Crippen molar-refractivity contribution in [3.05, 3.63) is 59.4 Å². The lowest BCUT2D eigenvalue weighted by Gasteiger charge is -2.52. The summed E-state index contributed by atoms with van der Waals surface area (Å²) in [4.78, 5) is 28.1. The number of carbonyl (C=O) groups is 1. The average molecular weight is 532 g/mol. The number of aromatic nitrogens is 3. The molecule has 3 aliphatic rings. The first-order valence-corrected chi connectivity index (χ1v) is 13.7. The van der Waals surface area contributed by atoms with E-state index in [1.807, 2.05) is 24.3 Å². The number of nitrogens with one attached hydrogen (secondary N) is 2. The maximum Gasteiger partial charge on any atom is 0.251 e. The second-order valence-electron chi connectivity index (χ2n) is 10.9. The second kappa shape index (κ2) is 10.8. The molecule has 4 heterocycles. The number of benzene rings is 1. The minimum Gasteiger partial charge on any atom is -0.492 e. The number of fused-ring (bicyclic) bond motifs is 1. The monoisotopic (exact) mass is 531 g/mol. The Morgan fingerprint density at radius 1 is 1.21 bits per heavy atom. The lowest BCUT2D eigenvalue weighted by molar-refractivity contribution is 0.00567. The number of rotatable bonds is 8. The van der Waals surface area contributed by atoms with Gasteiger partial charge in [0.15, 0.2) is 0 Å². The van der Waals surface area contributed by atoms with Crippen molar-refractivity contribution >= 4 is 17.7 Å². The molecule has 2 fully saturated rings. The van der Waals surface area contributed by atoms with Crippen LogP contribution >= 0.6 is 0 Å². The Labute approximate surface area is 227 Å². The van der Waals surface area contributed by atoms with Crippen molar-refractivity contribution in [3.8, 4) is 17.0 Å². The van der Waals surface area contributed by atoms with Gasteiger partial charge in [0.2, 0.25) is 5.95 Å². The van der Waals surface area contributed by atoms with Crippen LogP contribution in [0, 0.1) is 5.41 Å². The predicted octanol–water partition coefficient (Wildman–Crippen LogP) is 3.61. The Morgan fingerprint density at radius 2 is 2.05 bits per heavy atom. The van der Waals surface area contributed by atoms with E-state index in [2.05, 4.69) is 30.5 Å². The number of anilines is 2. The van der Waals surface area contributed by atoms with E-state index in [1.165, 1.54) is 0 Å². The number of ether oxygens (including phenoxy) is 1. The number of nitrogens with zero attached hydrogens (tertiary/aromatic N) is 4. The van der Waals surface area contributed by atoms with Crippen LogP contribution in [0.2, 0.25) is 0 Å². The summed E-state index contributed by atoms with van der Waals surface area (Å²) in [5.74, 6) is 1.70. The summed E-state index contributed by atoms with van der Waals surface area (Å²) in [6, 6.07) is 9.71. The van der Waals surface area contributed by atoms with E-state index in [1.54, 1.807) is 18.5 Å². The molecular weight excluding hydrogens is 497 g/mol. The van der Waals surface area contributed by atoms with Gasteiger partial charge in [0.1, 0.15) is 18.2 Å². The van der Waals surface area contributed by atoms with E-state index < -0.39 is 0 Å². The SMILES string of the molecule is Nc1nccc(-c2cnc(NCc3cccc(C(=O)NC4CC5(CCN(CCF)CC5)C4)c3)c3c2OCC3)n1. The molecule has 6 rings (SSSR count). The highest BCUT2D eigenvalue weighted by atomic mass is 19.1. The Balaban J connectivity index is 1.06. The van der Waals surface area contributed by atoms with E-state index >= 15 is 0 Å². The summed E-state index contributed by atoms with van der Waals surface area (Å²) in [5.41, 5.74) is 10.2. The van der Waals surface area contributed by atoms with Gasteiger partial charge >= 0.3 is 0 Å². The normalized spacial score (nSPS) is 18.3. The fourth-order valence-corrected chi connectivity index (χ4v) is 6.19. The highest BCUT2D eigenvalue weighted by Crippen LogP contribution is 2.49. The Hall–Kier alpha value is -3.79. The van der Waals surface area contributed by atoms with Gasteiger partial charge in [-0.15, -0.1) is 0 Å². The van der Waals surface area contributed by atoms with Crippen LogP contribution in [-0.4, -0.2) is 64.7 Å². The molecule has 0 radical (unpaired) electrons. The third kappa shape index (κ3) is 5.38. The van der Waals surface area contributed by atoms with Crippen molar-refractivity contribution in [2.45, 2.75) is 44.7 Å². The lowest BCUT2D eigenvalue weighted by Crippen LogP contribution is -2.55. The summed E-state index contributed by atoms with van der Waals surface area (Å²) in [6.45, 7) is 3.29. The number of nitrogens with two attached hydrogens (primary N) is 1. The minimum absolute atomic E-state index is 0.0348. The van der Waals surface area contributed by atoms with Crippen molar-refractivity contribution in [1.82, 2.24) is 25.2 Å². The molecule has 4 N–H and O–H groups in total. The number of alkyl halides is 1. The van der Waals surface area contributed by atoms with Crippen molar-refractivity contribution in [3.63, 3.8) is 0 Å². The smallest absolute Gasteiger partial charge is 0.251 e.